The molecule has 0 atom stereocenters. The van der Waals surface area contributed by atoms with Crippen molar-refractivity contribution in [3.8, 4) is 0 Å². The average molecular weight is 252 g/mol. The number of hydrogen-bond acceptors (Lipinski definition) is 2. The van der Waals surface area contributed by atoms with Crippen LogP contribution in [0.5, 0.6) is 0 Å². The highest BCUT2D eigenvalue weighted by molar-refractivity contribution is 5.48. The molecule has 0 bridgehead atoms. The molecular weight excluding hydrogens is 234 g/mol. The van der Waals surface area contributed by atoms with Gasteiger partial charge in [0, 0.05) is 24.8 Å². The van der Waals surface area contributed by atoms with E-state index in [1.807, 2.05) is 0 Å². The molecule has 2 nitrogen and oxygen atoms in total. The van der Waals surface area contributed by atoms with Crippen molar-refractivity contribution in [2.45, 2.75) is 19.3 Å². The number of rotatable bonds is 1. The van der Waals surface area contributed by atoms with Crippen molar-refractivity contribution in [3.63, 3.8) is 0 Å². The van der Waals surface area contributed by atoms with Gasteiger partial charge in [-0.3, -0.25) is 0 Å². The van der Waals surface area contributed by atoms with E-state index in [-0.39, 0.29) is 0 Å². The highest BCUT2D eigenvalue weighted by Gasteiger charge is 2.38. The molecule has 0 saturated carbocycles. The highest BCUT2D eigenvalue weighted by atomic mass is 19.2. The van der Waals surface area contributed by atoms with Crippen molar-refractivity contribution in [2.75, 3.05) is 31.1 Å². The van der Waals surface area contributed by atoms with Gasteiger partial charge in [-0.25, -0.2) is 8.78 Å². The van der Waals surface area contributed by atoms with Crippen LogP contribution in [0, 0.1) is 17.0 Å². The zero-order chi connectivity index (χ0) is 12.6. The van der Waals surface area contributed by atoms with Gasteiger partial charge >= 0.3 is 0 Å². The topological polar surface area (TPSA) is 15.3 Å². The van der Waals surface area contributed by atoms with E-state index in [9.17, 15) is 8.78 Å². The van der Waals surface area contributed by atoms with E-state index in [2.05, 4.69) is 10.2 Å². The van der Waals surface area contributed by atoms with Crippen LogP contribution in [0.3, 0.4) is 0 Å². The maximum Gasteiger partial charge on any atom is 0.160 e. The first kappa shape index (κ1) is 11.9. The first-order chi connectivity index (χ1) is 8.69. The fourth-order valence-corrected chi connectivity index (χ4v) is 3.20. The fraction of sp³-hybridized carbons (Fsp3) is 0.571. The van der Waals surface area contributed by atoms with Gasteiger partial charge in [0.2, 0.25) is 0 Å². The summed E-state index contributed by atoms with van der Waals surface area (Å²) in [6.07, 6.45) is 3.54. The highest BCUT2D eigenvalue weighted by Crippen LogP contribution is 2.40. The summed E-state index contributed by atoms with van der Waals surface area (Å²) < 4.78 is 26.2. The Hall–Kier alpha value is -1.16. The Morgan fingerprint density at radius 3 is 2.56 bits per heavy atom. The predicted molar refractivity (Wildman–Crippen MR) is 67.7 cm³/mol. The van der Waals surface area contributed by atoms with Crippen LogP contribution < -0.4 is 10.2 Å². The van der Waals surface area contributed by atoms with Crippen LogP contribution in [0.25, 0.3) is 0 Å². The van der Waals surface area contributed by atoms with Crippen LogP contribution in [0.4, 0.5) is 14.5 Å². The summed E-state index contributed by atoms with van der Waals surface area (Å²) in [5.41, 5.74) is 1.19. The second-order valence-corrected chi connectivity index (χ2v) is 5.52. The van der Waals surface area contributed by atoms with Gasteiger partial charge in [0.15, 0.2) is 11.6 Å². The number of nitrogens with zero attached hydrogens (tertiary/aromatic N) is 1. The van der Waals surface area contributed by atoms with Crippen LogP contribution in [-0.4, -0.2) is 26.2 Å². The lowest BCUT2D eigenvalue weighted by Gasteiger charge is -2.34. The monoisotopic (exact) mass is 252 g/mol. The number of piperidine rings is 1. The molecule has 2 aliphatic heterocycles. The fourth-order valence-electron chi connectivity index (χ4n) is 3.20. The summed E-state index contributed by atoms with van der Waals surface area (Å²) in [6, 6.07) is 4.21. The van der Waals surface area contributed by atoms with Crippen LogP contribution >= 0.6 is 0 Å². The molecule has 0 aromatic heterocycles. The van der Waals surface area contributed by atoms with Gasteiger partial charge in [0.05, 0.1) is 0 Å². The Balaban J connectivity index is 1.76. The minimum Gasteiger partial charge on any atom is -0.371 e. The lowest BCUT2D eigenvalue weighted by Crippen LogP contribution is -2.38. The minimum absolute atomic E-state index is 0.385. The lowest BCUT2D eigenvalue weighted by molar-refractivity contribution is 0.232. The summed E-state index contributed by atoms with van der Waals surface area (Å²) in [6.45, 7) is 4.07. The van der Waals surface area contributed by atoms with Gasteiger partial charge in [0.25, 0.3) is 0 Å². The molecule has 3 rings (SSSR count). The minimum atomic E-state index is -0.769. The van der Waals surface area contributed by atoms with E-state index in [1.165, 1.54) is 25.0 Å². The normalized spacial score (nSPS) is 22.7. The molecule has 0 aliphatic carbocycles. The van der Waals surface area contributed by atoms with E-state index in [0.29, 0.717) is 5.41 Å². The second-order valence-electron chi connectivity index (χ2n) is 5.52. The predicted octanol–water partition coefficient (Wildman–Crippen LogP) is 2.54. The van der Waals surface area contributed by atoms with Gasteiger partial charge < -0.3 is 10.2 Å². The van der Waals surface area contributed by atoms with Gasteiger partial charge in [-0.05, 0) is 49.9 Å². The molecule has 98 valence electrons. The van der Waals surface area contributed by atoms with Crippen molar-refractivity contribution in [1.82, 2.24) is 5.32 Å². The molecule has 18 heavy (non-hydrogen) atoms. The quantitative estimate of drug-likeness (QED) is 0.826. The van der Waals surface area contributed by atoms with E-state index in [4.69, 9.17) is 0 Å². The average Bonchev–Trinajstić information content (AvgIpc) is 2.78. The van der Waals surface area contributed by atoms with Crippen LogP contribution in [0.2, 0.25) is 0 Å². The van der Waals surface area contributed by atoms with Gasteiger partial charge in [-0.1, -0.05) is 0 Å². The Labute approximate surface area is 106 Å². The summed E-state index contributed by atoms with van der Waals surface area (Å²) in [4.78, 5) is 2.19. The molecule has 2 fully saturated rings. The van der Waals surface area contributed by atoms with Gasteiger partial charge in [-0.2, -0.15) is 0 Å². The molecule has 0 amide bonds. The van der Waals surface area contributed by atoms with E-state index >= 15 is 0 Å². The Morgan fingerprint density at radius 1 is 1.06 bits per heavy atom. The first-order valence-corrected chi connectivity index (χ1v) is 6.59. The molecule has 4 heteroatoms. The summed E-state index contributed by atoms with van der Waals surface area (Å²) in [5, 5.41) is 3.38. The molecule has 2 saturated heterocycles. The third-order valence-electron chi connectivity index (χ3n) is 4.37. The van der Waals surface area contributed by atoms with Crippen molar-refractivity contribution in [3.05, 3.63) is 29.8 Å². The number of nitrogens with one attached hydrogen (secondary N) is 1. The third kappa shape index (κ3) is 2.09. The Morgan fingerprint density at radius 2 is 1.83 bits per heavy atom. The second kappa shape index (κ2) is 4.50. The van der Waals surface area contributed by atoms with Crippen molar-refractivity contribution >= 4 is 5.69 Å². The molecule has 1 spiro atoms. The number of hydrogen-bond donors (Lipinski definition) is 1. The zero-order valence-electron chi connectivity index (χ0n) is 10.4. The van der Waals surface area contributed by atoms with Crippen LogP contribution in [0.1, 0.15) is 19.3 Å². The molecular formula is C14H18F2N2. The molecule has 0 radical (unpaired) electrons. The maximum atomic E-state index is 13.3. The maximum absolute atomic E-state index is 13.3. The van der Waals surface area contributed by atoms with Crippen molar-refractivity contribution in [1.29, 1.82) is 0 Å². The van der Waals surface area contributed by atoms with Crippen molar-refractivity contribution in [2.24, 2.45) is 5.41 Å². The Kier molecular flexibility index (Phi) is 2.98. The van der Waals surface area contributed by atoms with Gasteiger partial charge in [-0.15, -0.1) is 0 Å². The van der Waals surface area contributed by atoms with E-state index < -0.39 is 11.6 Å². The summed E-state index contributed by atoms with van der Waals surface area (Å²) in [5.74, 6) is -1.52. The first-order valence-electron chi connectivity index (χ1n) is 6.59. The molecule has 0 unspecified atom stereocenters. The lowest BCUT2D eigenvalue weighted by atomic mass is 9.78. The summed E-state index contributed by atoms with van der Waals surface area (Å²) >= 11 is 0. The zero-order valence-corrected chi connectivity index (χ0v) is 10.4. The molecule has 1 N–H and O–H groups in total. The number of anilines is 1. The number of halogens is 2. The smallest absolute Gasteiger partial charge is 0.160 e. The SMILES string of the molecule is Fc1ccc(N2CCC3(CCNCC3)C2)cc1F. The molecule has 1 aromatic rings. The molecule has 2 heterocycles. The molecule has 1 aromatic carbocycles. The van der Waals surface area contributed by atoms with Gasteiger partial charge in [0.1, 0.15) is 0 Å². The Bertz CT molecular complexity index is 441. The van der Waals surface area contributed by atoms with Crippen LogP contribution in [-0.2, 0) is 0 Å². The van der Waals surface area contributed by atoms with E-state index in [0.717, 1.165) is 38.3 Å². The third-order valence-corrected chi connectivity index (χ3v) is 4.37. The van der Waals surface area contributed by atoms with Crippen LogP contribution in [0.15, 0.2) is 18.2 Å². The number of benzene rings is 1. The molecule has 2 aliphatic rings. The standard InChI is InChI=1S/C14H18F2N2/c15-12-2-1-11(9-13(12)16)18-8-5-14(10-18)3-6-17-7-4-14/h1-2,9,17H,3-8,10H2. The van der Waals surface area contributed by atoms with E-state index in [1.54, 1.807) is 6.07 Å². The summed E-state index contributed by atoms with van der Waals surface area (Å²) in [7, 11) is 0. The van der Waals surface area contributed by atoms with Crippen molar-refractivity contribution < 1.29 is 8.78 Å². The largest absolute Gasteiger partial charge is 0.371 e.